The molecule has 0 saturated carbocycles. The summed E-state index contributed by atoms with van der Waals surface area (Å²) >= 11 is 0. The molecule has 0 bridgehead atoms. The van der Waals surface area contributed by atoms with E-state index in [2.05, 4.69) is 0 Å². The van der Waals surface area contributed by atoms with Crippen LogP contribution in [0.25, 0.3) is 0 Å². The number of phenolic OH excluding ortho intramolecular Hbond substituents is 1. The number of aryl methyl sites for hydroxylation is 2. The molecule has 0 aromatic heterocycles. The third kappa shape index (κ3) is 2.42. The van der Waals surface area contributed by atoms with Crippen LogP contribution in [-0.4, -0.2) is 11.9 Å². The predicted molar refractivity (Wildman–Crippen MR) is 72.5 cm³/mol. The average Bonchev–Trinajstić information content (AvgIpc) is 2.85. The maximum atomic E-state index is 9.83. The highest BCUT2D eigenvalue weighted by atomic mass is 16.7. The first-order valence-electron chi connectivity index (χ1n) is 6.18. The van der Waals surface area contributed by atoms with Crippen molar-refractivity contribution in [2.24, 2.45) is 0 Å². The minimum Gasteiger partial charge on any atom is -0.504 e. The smallest absolute Gasteiger partial charge is 0.231 e. The Labute approximate surface area is 111 Å². The Hall–Kier alpha value is -2.36. The standard InChI is InChI=1S/C15H15NO3/c16-12-3-1-2-10(6-12)4-5-11-7-13(17)15-14(8-11)18-9-19-15/h1-3,6-8,17H,4-5,9,16H2. The molecule has 0 unspecified atom stereocenters. The molecule has 3 rings (SSSR count). The number of fused-ring (bicyclic) bond motifs is 1. The van der Waals surface area contributed by atoms with E-state index in [0.717, 1.165) is 24.1 Å². The first kappa shape index (κ1) is 11.7. The van der Waals surface area contributed by atoms with Crippen molar-refractivity contribution in [2.45, 2.75) is 12.8 Å². The van der Waals surface area contributed by atoms with Crippen LogP contribution in [0.1, 0.15) is 11.1 Å². The fourth-order valence-corrected chi connectivity index (χ4v) is 2.23. The number of ether oxygens (including phenoxy) is 2. The second-order valence-electron chi connectivity index (χ2n) is 4.59. The number of hydrogen-bond donors (Lipinski definition) is 2. The summed E-state index contributed by atoms with van der Waals surface area (Å²) < 4.78 is 10.5. The molecular formula is C15H15NO3. The summed E-state index contributed by atoms with van der Waals surface area (Å²) in [4.78, 5) is 0. The van der Waals surface area contributed by atoms with Crippen LogP contribution in [0.2, 0.25) is 0 Å². The first-order chi connectivity index (χ1) is 9.22. The van der Waals surface area contributed by atoms with E-state index >= 15 is 0 Å². The number of nitrogen functional groups attached to an aromatic ring is 1. The maximum Gasteiger partial charge on any atom is 0.231 e. The van der Waals surface area contributed by atoms with Crippen LogP contribution in [-0.2, 0) is 12.8 Å². The molecule has 98 valence electrons. The molecule has 4 heteroatoms. The van der Waals surface area contributed by atoms with Gasteiger partial charge in [0.1, 0.15) is 0 Å². The van der Waals surface area contributed by atoms with Gasteiger partial charge in [-0.25, -0.2) is 0 Å². The summed E-state index contributed by atoms with van der Waals surface area (Å²) in [6.45, 7) is 0.168. The van der Waals surface area contributed by atoms with Crippen LogP contribution >= 0.6 is 0 Å². The van der Waals surface area contributed by atoms with Crippen molar-refractivity contribution < 1.29 is 14.6 Å². The fourth-order valence-electron chi connectivity index (χ4n) is 2.23. The van der Waals surface area contributed by atoms with Gasteiger partial charge in [-0.15, -0.1) is 0 Å². The van der Waals surface area contributed by atoms with Gasteiger partial charge in [-0.2, -0.15) is 0 Å². The monoisotopic (exact) mass is 257 g/mol. The third-order valence-electron chi connectivity index (χ3n) is 3.17. The summed E-state index contributed by atoms with van der Waals surface area (Å²) in [6.07, 6.45) is 1.68. The van der Waals surface area contributed by atoms with E-state index < -0.39 is 0 Å². The number of nitrogens with two attached hydrogens (primary N) is 1. The maximum absolute atomic E-state index is 9.83. The highest BCUT2D eigenvalue weighted by Gasteiger charge is 2.18. The summed E-state index contributed by atoms with van der Waals surface area (Å²) in [7, 11) is 0. The number of aromatic hydroxyl groups is 1. The molecule has 0 atom stereocenters. The Morgan fingerprint density at radius 1 is 1.05 bits per heavy atom. The Morgan fingerprint density at radius 2 is 1.89 bits per heavy atom. The molecule has 19 heavy (non-hydrogen) atoms. The Kier molecular flexibility index (Phi) is 2.91. The molecule has 0 amide bonds. The SMILES string of the molecule is Nc1cccc(CCc2cc(O)c3c(c2)OCO3)c1. The molecular weight excluding hydrogens is 242 g/mol. The molecule has 1 heterocycles. The number of benzene rings is 2. The lowest BCUT2D eigenvalue weighted by atomic mass is 10.0. The van der Waals surface area contributed by atoms with Gasteiger partial charge in [0, 0.05) is 5.69 Å². The van der Waals surface area contributed by atoms with Gasteiger partial charge in [-0.3, -0.25) is 0 Å². The fraction of sp³-hybridized carbons (Fsp3) is 0.200. The van der Waals surface area contributed by atoms with Crippen LogP contribution < -0.4 is 15.2 Å². The number of hydrogen-bond acceptors (Lipinski definition) is 4. The van der Waals surface area contributed by atoms with Crippen LogP contribution in [0, 0.1) is 0 Å². The lowest BCUT2D eigenvalue weighted by Gasteiger charge is -2.06. The van der Waals surface area contributed by atoms with Crippen molar-refractivity contribution >= 4 is 5.69 Å². The van der Waals surface area contributed by atoms with Gasteiger partial charge in [0.25, 0.3) is 0 Å². The molecule has 0 aliphatic carbocycles. The van der Waals surface area contributed by atoms with Crippen molar-refractivity contribution in [2.75, 3.05) is 12.5 Å². The van der Waals surface area contributed by atoms with Gasteiger partial charge < -0.3 is 20.3 Å². The average molecular weight is 257 g/mol. The summed E-state index contributed by atoms with van der Waals surface area (Å²) in [5.41, 5.74) is 8.71. The zero-order valence-electron chi connectivity index (χ0n) is 10.4. The summed E-state index contributed by atoms with van der Waals surface area (Å²) in [5, 5.41) is 9.83. The molecule has 1 aliphatic heterocycles. The van der Waals surface area contributed by atoms with Crippen molar-refractivity contribution in [3.63, 3.8) is 0 Å². The lowest BCUT2D eigenvalue weighted by Crippen LogP contribution is -1.94. The lowest BCUT2D eigenvalue weighted by molar-refractivity contribution is 0.171. The molecule has 0 spiro atoms. The minimum absolute atomic E-state index is 0.137. The van der Waals surface area contributed by atoms with Gasteiger partial charge in [0.15, 0.2) is 11.5 Å². The number of rotatable bonds is 3. The molecule has 2 aromatic rings. The molecule has 4 nitrogen and oxygen atoms in total. The summed E-state index contributed by atoms with van der Waals surface area (Å²) in [6, 6.07) is 11.5. The normalized spacial score (nSPS) is 12.6. The van der Waals surface area contributed by atoms with Crippen LogP contribution in [0.15, 0.2) is 36.4 Å². The molecule has 3 N–H and O–H groups in total. The minimum atomic E-state index is 0.137. The first-order valence-corrected chi connectivity index (χ1v) is 6.18. The largest absolute Gasteiger partial charge is 0.504 e. The molecule has 0 fully saturated rings. The van der Waals surface area contributed by atoms with E-state index in [0.29, 0.717) is 11.5 Å². The van der Waals surface area contributed by atoms with E-state index in [1.54, 1.807) is 6.07 Å². The summed E-state index contributed by atoms with van der Waals surface area (Å²) in [5.74, 6) is 1.19. The van der Waals surface area contributed by atoms with Gasteiger partial charge in [0.2, 0.25) is 12.5 Å². The topological polar surface area (TPSA) is 64.7 Å². The van der Waals surface area contributed by atoms with Gasteiger partial charge >= 0.3 is 0 Å². The second-order valence-corrected chi connectivity index (χ2v) is 4.59. The Bertz CT molecular complexity index is 610. The molecule has 1 aliphatic rings. The van der Waals surface area contributed by atoms with Crippen molar-refractivity contribution in [3.8, 4) is 17.2 Å². The van der Waals surface area contributed by atoms with Crippen LogP contribution in [0.5, 0.6) is 17.2 Å². The van der Waals surface area contributed by atoms with E-state index in [1.807, 2.05) is 30.3 Å². The quantitative estimate of drug-likeness (QED) is 0.829. The predicted octanol–water partition coefficient (Wildman–Crippen LogP) is 2.49. The second kappa shape index (κ2) is 4.72. The van der Waals surface area contributed by atoms with E-state index in [-0.39, 0.29) is 12.5 Å². The molecule has 0 radical (unpaired) electrons. The van der Waals surface area contributed by atoms with Crippen LogP contribution in [0.3, 0.4) is 0 Å². The van der Waals surface area contributed by atoms with Crippen molar-refractivity contribution in [1.29, 1.82) is 0 Å². The van der Waals surface area contributed by atoms with Crippen molar-refractivity contribution in [1.82, 2.24) is 0 Å². The highest BCUT2D eigenvalue weighted by Crippen LogP contribution is 2.41. The number of anilines is 1. The van der Waals surface area contributed by atoms with E-state index in [1.165, 1.54) is 5.56 Å². The van der Waals surface area contributed by atoms with Crippen molar-refractivity contribution in [3.05, 3.63) is 47.5 Å². The van der Waals surface area contributed by atoms with Gasteiger partial charge in [-0.05, 0) is 48.2 Å². The zero-order valence-corrected chi connectivity index (χ0v) is 10.4. The Balaban J connectivity index is 1.76. The Morgan fingerprint density at radius 3 is 2.74 bits per heavy atom. The molecule has 2 aromatic carbocycles. The highest BCUT2D eigenvalue weighted by molar-refractivity contribution is 5.54. The third-order valence-corrected chi connectivity index (χ3v) is 3.17. The van der Waals surface area contributed by atoms with E-state index in [9.17, 15) is 5.11 Å². The zero-order chi connectivity index (χ0) is 13.2. The van der Waals surface area contributed by atoms with Crippen LogP contribution in [0.4, 0.5) is 5.69 Å². The molecule has 0 saturated heterocycles. The van der Waals surface area contributed by atoms with Gasteiger partial charge in [0.05, 0.1) is 0 Å². The van der Waals surface area contributed by atoms with Gasteiger partial charge in [-0.1, -0.05) is 12.1 Å². The number of phenols is 1. The van der Waals surface area contributed by atoms with E-state index in [4.69, 9.17) is 15.2 Å².